The number of hydrogen-bond acceptors (Lipinski definition) is 15. The van der Waals surface area contributed by atoms with Gasteiger partial charge in [0.05, 0.1) is 60.6 Å². The molecular formula is C52H75N5O12. The Kier molecular flexibility index (Phi) is 17.4. The third kappa shape index (κ3) is 11.6. The maximum atomic E-state index is 15.1. The number of furan rings is 1. The van der Waals surface area contributed by atoms with E-state index in [1.807, 2.05) is 56.6 Å². The lowest BCUT2D eigenvalue weighted by atomic mass is 9.73. The molecular weight excluding hydrogens is 887 g/mol. The Morgan fingerprint density at radius 1 is 1.04 bits per heavy atom. The first-order valence-corrected chi connectivity index (χ1v) is 24.5. The number of unbranched alkanes of at least 4 members (excludes halogenated alkanes) is 1. The lowest BCUT2D eigenvalue weighted by Gasteiger charge is -2.52. The second-order valence-electron chi connectivity index (χ2n) is 20.1. The Hall–Kier alpha value is -4.94. The van der Waals surface area contributed by atoms with Crippen LogP contribution in [0.2, 0.25) is 0 Å². The van der Waals surface area contributed by atoms with Gasteiger partial charge in [0.15, 0.2) is 11.4 Å². The molecule has 380 valence electrons. The monoisotopic (exact) mass is 962 g/mol. The van der Waals surface area contributed by atoms with Crippen molar-refractivity contribution < 1.29 is 57.1 Å². The van der Waals surface area contributed by atoms with Crippen LogP contribution in [-0.4, -0.2) is 140 Å². The zero-order chi connectivity index (χ0) is 50.4. The van der Waals surface area contributed by atoms with Crippen molar-refractivity contribution in [2.24, 2.45) is 23.7 Å². The van der Waals surface area contributed by atoms with Gasteiger partial charge in [0.1, 0.15) is 24.1 Å². The van der Waals surface area contributed by atoms with E-state index in [9.17, 15) is 19.5 Å². The molecule has 69 heavy (non-hydrogen) atoms. The summed E-state index contributed by atoms with van der Waals surface area (Å²) in [6.45, 7) is 21.3. The van der Waals surface area contributed by atoms with Gasteiger partial charge in [-0.2, -0.15) is 5.10 Å². The number of Topliss-reactive ketones (excluding diaryl/α,β-unsaturated/α-hetero) is 1. The number of aryl methyl sites for hydroxylation is 1. The zero-order valence-corrected chi connectivity index (χ0v) is 42.4. The minimum atomic E-state index is -1.65. The minimum Gasteiger partial charge on any atom is -0.472 e. The Labute approximate surface area is 407 Å². The number of esters is 2. The van der Waals surface area contributed by atoms with E-state index in [4.69, 9.17) is 32.8 Å². The summed E-state index contributed by atoms with van der Waals surface area (Å²) >= 11 is 0. The van der Waals surface area contributed by atoms with Crippen molar-refractivity contribution in [3.05, 3.63) is 73.7 Å². The number of nitrogens with zero attached hydrogens (tertiary/aromatic N) is 5. The zero-order valence-electron chi connectivity index (χ0n) is 42.4. The molecule has 3 fully saturated rings. The molecule has 1 N–H and O–H groups in total. The fourth-order valence-electron chi connectivity index (χ4n) is 11.1. The van der Waals surface area contributed by atoms with Gasteiger partial charge in [-0.1, -0.05) is 39.8 Å². The van der Waals surface area contributed by atoms with Crippen LogP contribution in [0.3, 0.4) is 0 Å². The van der Waals surface area contributed by atoms with Crippen LogP contribution < -0.4 is 0 Å². The van der Waals surface area contributed by atoms with E-state index in [-0.39, 0.29) is 37.7 Å². The first-order chi connectivity index (χ1) is 32.7. The summed E-state index contributed by atoms with van der Waals surface area (Å²) in [4.78, 5) is 66.0. The number of hydrogen-bond donors (Lipinski definition) is 1. The Balaban J connectivity index is 1.37. The van der Waals surface area contributed by atoms with E-state index in [0.29, 0.717) is 38.0 Å². The molecule has 3 aliphatic rings. The molecule has 3 saturated heterocycles. The Bertz CT molecular complexity index is 2200. The number of carbonyl (C=O) groups is 4. The van der Waals surface area contributed by atoms with Gasteiger partial charge in [0, 0.05) is 74.1 Å². The standard InChI is InChI=1S/C52H75N5O12/c1-13-22-55(11)40-26-33(4)67-52(10,46(40)60)68-47-35(6)44(66-42(58)27-39-19-15-16-21-53-39)36(7)48(61)65-41(14-2)51(9)45(34(5)43(59)32(3)28-50(47,8)63-12)57(49(62)69-51)24-18-17-23-56-30-38(29-54-56)37-20-25-64-31-37/h13,15-16,19-21,25,29-36,40-41,44-47,60H,1,14,17-18,22-24,26-28H2,2-12H3/t32-,33-,34+,35+,36-,40+,41-,44?,45-,46-,47-,50-,51-,52+/m1/s1. The number of ketones is 1. The molecule has 1 amide bonds. The van der Waals surface area contributed by atoms with E-state index < -0.39 is 95.2 Å². The van der Waals surface area contributed by atoms with E-state index in [1.54, 1.807) is 88.7 Å². The molecule has 17 heteroatoms. The third-order valence-corrected chi connectivity index (χ3v) is 14.9. The smallest absolute Gasteiger partial charge is 0.410 e. The van der Waals surface area contributed by atoms with Crippen LogP contribution in [0.5, 0.6) is 0 Å². The summed E-state index contributed by atoms with van der Waals surface area (Å²) in [5.74, 6) is -6.64. The van der Waals surface area contributed by atoms with Gasteiger partial charge in [0.2, 0.25) is 0 Å². The molecule has 1 unspecified atom stereocenters. The molecule has 3 aromatic heterocycles. The maximum Gasteiger partial charge on any atom is 0.410 e. The summed E-state index contributed by atoms with van der Waals surface area (Å²) in [6.07, 6.45) is 6.75. The molecule has 17 nitrogen and oxygen atoms in total. The fourth-order valence-corrected chi connectivity index (χ4v) is 11.1. The van der Waals surface area contributed by atoms with Crippen LogP contribution in [0.4, 0.5) is 4.79 Å². The lowest BCUT2D eigenvalue weighted by Crippen LogP contribution is -2.65. The summed E-state index contributed by atoms with van der Waals surface area (Å²) in [5, 5.41) is 16.7. The summed E-state index contributed by atoms with van der Waals surface area (Å²) in [7, 11) is 3.42. The molecule has 0 spiro atoms. The molecule has 0 aliphatic carbocycles. The van der Waals surface area contributed by atoms with Crippen molar-refractivity contribution in [2.75, 3.05) is 27.2 Å². The SMILES string of the molecule is C=CCN(C)[C@H]1C[C@@H](C)O[C@@](C)(O[C@@H]2[C@@H](C)C(OC(=O)Cc3ccccn3)[C@@H](C)C(=O)O[C@H](CC)[C@@]3(C)OC(=O)N(CCCCn4cc(-c5ccoc5)cn4)[C@@H]3[C@@H](C)C(=O)[C@H](C)C[C@@]2(C)OC)[C@@H]1O. The molecule has 14 atom stereocenters. The first kappa shape index (κ1) is 53.4. The van der Waals surface area contributed by atoms with Crippen LogP contribution >= 0.6 is 0 Å². The third-order valence-electron chi connectivity index (χ3n) is 14.9. The van der Waals surface area contributed by atoms with E-state index in [2.05, 4.69) is 16.7 Å². The van der Waals surface area contributed by atoms with Crippen LogP contribution in [0.25, 0.3) is 11.1 Å². The highest BCUT2D eigenvalue weighted by molar-refractivity contribution is 5.85. The topological polar surface area (TPSA) is 194 Å². The molecule has 3 aliphatic heterocycles. The number of pyridine rings is 1. The number of rotatable bonds is 16. The number of likely N-dealkylation sites (N-methyl/N-ethyl adjacent to an activating group) is 1. The van der Waals surface area contributed by atoms with Gasteiger partial charge in [0.25, 0.3) is 0 Å². The molecule has 3 aromatic rings. The number of aliphatic hydroxyl groups excluding tert-OH is 1. The Morgan fingerprint density at radius 2 is 1.78 bits per heavy atom. The number of ether oxygens (including phenoxy) is 6. The van der Waals surface area contributed by atoms with Crippen molar-refractivity contribution in [3.63, 3.8) is 0 Å². The average Bonchev–Trinajstić information content (AvgIpc) is 4.08. The van der Waals surface area contributed by atoms with Crippen LogP contribution in [0.1, 0.15) is 100 Å². The summed E-state index contributed by atoms with van der Waals surface area (Å²) in [6, 6.07) is 5.85. The Morgan fingerprint density at radius 3 is 2.43 bits per heavy atom. The highest BCUT2D eigenvalue weighted by Gasteiger charge is 2.61. The summed E-state index contributed by atoms with van der Waals surface area (Å²) < 4.78 is 46.2. The van der Waals surface area contributed by atoms with Crippen molar-refractivity contribution in [2.45, 2.75) is 167 Å². The normalized spacial score (nSPS) is 34.7. The minimum absolute atomic E-state index is 0.0940. The quantitative estimate of drug-likeness (QED) is 0.0664. The lowest BCUT2D eigenvalue weighted by molar-refractivity contribution is -0.358. The van der Waals surface area contributed by atoms with E-state index in [1.165, 1.54) is 7.11 Å². The van der Waals surface area contributed by atoms with Gasteiger partial charge in [-0.3, -0.25) is 28.9 Å². The number of aromatic nitrogens is 3. The number of carbonyl (C=O) groups excluding carboxylic acids is 4. The van der Waals surface area contributed by atoms with Crippen LogP contribution in [0, 0.1) is 23.7 Å². The van der Waals surface area contributed by atoms with Gasteiger partial charge in [-0.15, -0.1) is 6.58 Å². The average molecular weight is 962 g/mol. The van der Waals surface area contributed by atoms with E-state index >= 15 is 4.79 Å². The molecule has 6 rings (SSSR count). The van der Waals surface area contributed by atoms with Crippen molar-refractivity contribution >= 4 is 23.8 Å². The number of methoxy groups -OCH3 is 1. The summed E-state index contributed by atoms with van der Waals surface area (Å²) in [5.41, 5.74) is -0.484. The van der Waals surface area contributed by atoms with E-state index in [0.717, 1.165) is 11.1 Å². The predicted molar refractivity (Wildman–Crippen MR) is 255 cm³/mol. The number of aliphatic hydroxyl groups is 1. The molecule has 6 heterocycles. The van der Waals surface area contributed by atoms with Gasteiger partial charge < -0.3 is 42.8 Å². The molecule has 0 bridgehead atoms. The van der Waals surface area contributed by atoms with Gasteiger partial charge in [-0.25, -0.2) is 4.79 Å². The highest BCUT2D eigenvalue weighted by atomic mass is 16.7. The molecule has 0 radical (unpaired) electrons. The molecule has 0 aromatic carbocycles. The van der Waals surface area contributed by atoms with Crippen LogP contribution in [-0.2, 0) is 55.8 Å². The second kappa shape index (κ2) is 22.4. The predicted octanol–water partition coefficient (Wildman–Crippen LogP) is 7.05. The first-order valence-electron chi connectivity index (χ1n) is 24.5. The van der Waals surface area contributed by atoms with Gasteiger partial charge in [-0.05, 0) is 92.0 Å². The number of fused-ring (bicyclic) bond motifs is 1. The number of cyclic esters (lactones) is 1. The number of amides is 1. The second-order valence-corrected chi connectivity index (χ2v) is 20.1. The van der Waals surface area contributed by atoms with Crippen molar-refractivity contribution in [1.82, 2.24) is 24.6 Å². The maximum absolute atomic E-state index is 15.1. The fraction of sp³-hybridized carbons (Fsp3) is 0.654. The van der Waals surface area contributed by atoms with Crippen molar-refractivity contribution in [3.8, 4) is 11.1 Å². The molecule has 0 saturated carbocycles. The van der Waals surface area contributed by atoms with Gasteiger partial charge >= 0.3 is 18.0 Å². The largest absolute Gasteiger partial charge is 0.472 e. The highest BCUT2D eigenvalue weighted by Crippen LogP contribution is 2.45. The van der Waals surface area contributed by atoms with Crippen LogP contribution in [0.15, 0.2) is 72.5 Å². The van der Waals surface area contributed by atoms with Crippen molar-refractivity contribution in [1.29, 1.82) is 0 Å².